The highest BCUT2D eigenvalue weighted by molar-refractivity contribution is 5.96. The molecule has 1 aromatic carbocycles. The second kappa shape index (κ2) is 5.34. The van der Waals surface area contributed by atoms with Crippen LogP contribution < -0.4 is 10.5 Å². The van der Waals surface area contributed by atoms with Crippen molar-refractivity contribution in [1.82, 2.24) is 4.98 Å². The Labute approximate surface area is 109 Å². The van der Waals surface area contributed by atoms with Gasteiger partial charge in [0.15, 0.2) is 5.84 Å². The van der Waals surface area contributed by atoms with Crippen LogP contribution in [0.1, 0.15) is 11.1 Å². The molecule has 0 aliphatic rings. The van der Waals surface area contributed by atoms with E-state index in [0.717, 1.165) is 0 Å². The third kappa shape index (κ3) is 2.98. The Hall–Kier alpha value is -2.63. The number of halogens is 1. The minimum absolute atomic E-state index is 0.0305. The summed E-state index contributed by atoms with van der Waals surface area (Å²) < 4.78 is 18.5. The van der Waals surface area contributed by atoms with E-state index in [1.54, 1.807) is 19.1 Å². The molecule has 0 aliphatic heterocycles. The molecule has 0 saturated heterocycles. The number of hydrogen-bond donors (Lipinski definition) is 2. The first kappa shape index (κ1) is 12.8. The third-order valence-electron chi connectivity index (χ3n) is 2.49. The summed E-state index contributed by atoms with van der Waals surface area (Å²) in [6.45, 7) is 1.74. The van der Waals surface area contributed by atoms with Crippen molar-refractivity contribution >= 4 is 5.84 Å². The molecule has 1 aromatic heterocycles. The molecule has 2 rings (SSSR count). The second-order valence-corrected chi connectivity index (χ2v) is 3.88. The van der Waals surface area contributed by atoms with Crippen LogP contribution >= 0.6 is 0 Å². The first-order valence-electron chi connectivity index (χ1n) is 5.48. The number of rotatable bonds is 3. The van der Waals surface area contributed by atoms with E-state index in [2.05, 4.69) is 10.1 Å². The fourth-order valence-corrected chi connectivity index (χ4v) is 1.49. The van der Waals surface area contributed by atoms with Crippen LogP contribution in [0.4, 0.5) is 4.39 Å². The highest BCUT2D eigenvalue weighted by atomic mass is 19.1. The van der Waals surface area contributed by atoms with Crippen molar-refractivity contribution in [3.05, 3.63) is 53.5 Å². The average molecular weight is 261 g/mol. The predicted molar refractivity (Wildman–Crippen MR) is 68.0 cm³/mol. The van der Waals surface area contributed by atoms with Gasteiger partial charge >= 0.3 is 0 Å². The number of aryl methyl sites for hydroxylation is 1. The molecule has 19 heavy (non-hydrogen) atoms. The van der Waals surface area contributed by atoms with Crippen LogP contribution in [0.2, 0.25) is 0 Å². The predicted octanol–water partition coefficient (Wildman–Crippen LogP) is 2.42. The van der Waals surface area contributed by atoms with Gasteiger partial charge in [-0.25, -0.2) is 9.37 Å². The first-order valence-corrected chi connectivity index (χ1v) is 5.48. The Kier molecular flexibility index (Phi) is 3.61. The largest absolute Gasteiger partial charge is 0.439 e. The van der Waals surface area contributed by atoms with E-state index < -0.39 is 0 Å². The topological polar surface area (TPSA) is 80.7 Å². The second-order valence-electron chi connectivity index (χ2n) is 3.88. The lowest BCUT2D eigenvalue weighted by molar-refractivity contribution is 0.318. The lowest BCUT2D eigenvalue weighted by Gasteiger charge is -2.08. The Bertz CT molecular complexity index is 612. The van der Waals surface area contributed by atoms with Crippen molar-refractivity contribution in [2.75, 3.05) is 0 Å². The summed E-state index contributed by atoms with van der Waals surface area (Å²) in [6.07, 6.45) is 1.42. The molecular weight excluding hydrogens is 249 g/mol. The molecule has 0 unspecified atom stereocenters. The van der Waals surface area contributed by atoms with Gasteiger partial charge < -0.3 is 15.7 Å². The molecular formula is C13H12FN3O2. The van der Waals surface area contributed by atoms with E-state index in [0.29, 0.717) is 22.8 Å². The van der Waals surface area contributed by atoms with Crippen LogP contribution in [0, 0.1) is 12.7 Å². The Morgan fingerprint density at radius 2 is 2.16 bits per heavy atom. The van der Waals surface area contributed by atoms with E-state index in [9.17, 15) is 4.39 Å². The first-order chi connectivity index (χ1) is 9.10. The van der Waals surface area contributed by atoms with Gasteiger partial charge in [-0.1, -0.05) is 5.16 Å². The van der Waals surface area contributed by atoms with Crippen molar-refractivity contribution in [2.24, 2.45) is 10.9 Å². The zero-order chi connectivity index (χ0) is 13.8. The van der Waals surface area contributed by atoms with Crippen LogP contribution in [0.15, 0.2) is 41.7 Å². The lowest BCUT2D eigenvalue weighted by Crippen LogP contribution is -2.13. The molecule has 0 saturated carbocycles. The highest BCUT2D eigenvalue weighted by Crippen LogP contribution is 2.24. The standard InChI is InChI=1S/C13H12FN3O2/c1-8-6-10(14)3-4-11(8)19-12-5-2-9(7-16-12)13(15)17-18/h2-7,18H,1H3,(H2,15,17). The van der Waals surface area contributed by atoms with Crippen molar-refractivity contribution in [1.29, 1.82) is 0 Å². The Morgan fingerprint density at radius 3 is 2.74 bits per heavy atom. The van der Waals surface area contributed by atoms with E-state index in [1.807, 2.05) is 0 Å². The number of nitrogens with zero attached hydrogens (tertiary/aromatic N) is 2. The number of nitrogens with two attached hydrogens (primary N) is 1. The molecule has 98 valence electrons. The van der Waals surface area contributed by atoms with Crippen LogP contribution in [-0.2, 0) is 0 Å². The molecule has 1 heterocycles. The molecule has 0 amide bonds. The number of hydrogen-bond acceptors (Lipinski definition) is 4. The van der Waals surface area contributed by atoms with Crippen LogP contribution in [-0.4, -0.2) is 16.0 Å². The van der Waals surface area contributed by atoms with E-state index in [4.69, 9.17) is 15.7 Å². The van der Waals surface area contributed by atoms with E-state index in [1.165, 1.54) is 24.4 Å². The van der Waals surface area contributed by atoms with Crippen molar-refractivity contribution in [3.63, 3.8) is 0 Å². The van der Waals surface area contributed by atoms with Crippen LogP contribution in [0.5, 0.6) is 11.6 Å². The van der Waals surface area contributed by atoms with E-state index >= 15 is 0 Å². The quantitative estimate of drug-likeness (QED) is 0.385. The Morgan fingerprint density at radius 1 is 1.37 bits per heavy atom. The van der Waals surface area contributed by atoms with Gasteiger partial charge in [0.1, 0.15) is 11.6 Å². The molecule has 0 fully saturated rings. The minimum Gasteiger partial charge on any atom is -0.439 e. The van der Waals surface area contributed by atoms with Gasteiger partial charge in [0, 0.05) is 17.8 Å². The van der Waals surface area contributed by atoms with Crippen LogP contribution in [0.3, 0.4) is 0 Å². The maximum Gasteiger partial charge on any atom is 0.219 e. The van der Waals surface area contributed by atoms with Gasteiger partial charge in [0.2, 0.25) is 5.88 Å². The van der Waals surface area contributed by atoms with Crippen molar-refractivity contribution in [3.8, 4) is 11.6 Å². The van der Waals surface area contributed by atoms with Crippen molar-refractivity contribution in [2.45, 2.75) is 6.92 Å². The fraction of sp³-hybridized carbons (Fsp3) is 0.0769. The summed E-state index contributed by atoms with van der Waals surface area (Å²) in [7, 11) is 0. The molecule has 0 radical (unpaired) electrons. The summed E-state index contributed by atoms with van der Waals surface area (Å²) in [6, 6.07) is 7.41. The molecule has 0 atom stereocenters. The third-order valence-corrected chi connectivity index (χ3v) is 2.49. The molecule has 3 N–H and O–H groups in total. The number of amidine groups is 1. The van der Waals surface area contributed by atoms with Gasteiger partial charge in [-0.2, -0.15) is 0 Å². The van der Waals surface area contributed by atoms with Gasteiger partial charge in [-0.3, -0.25) is 0 Å². The lowest BCUT2D eigenvalue weighted by atomic mass is 10.2. The molecule has 2 aromatic rings. The summed E-state index contributed by atoms with van der Waals surface area (Å²) in [5, 5.41) is 11.4. The minimum atomic E-state index is -0.319. The highest BCUT2D eigenvalue weighted by Gasteiger charge is 2.05. The fourth-order valence-electron chi connectivity index (χ4n) is 1.49. The number of aromatic nitrogens is 1. The zero-order valence-corrected chi connectivity index (χ0v) is 10.2. The number of benzene rings is 1. The molecule has 0 spiro atoms. The maximum absolute atomic E-state index is 12.9. The zero-order valence-electron chi connectivity index (χ0n) is 10.2. The SMILES string of the molecule is Cc1cc(F)ccc1Oc1ccc(/C(N)=N/O)cn1. The summed E-state index contributed by atoms with van der Waals surface area (Å²) in [4.78, 5) is 4.02. The van der Waals surface area contributed by atoms with Crippen molar-refractivity contribution < 1.29 is 14.3 Å². The van der Waals surface area contributed by atoms with Crippen LogP contribution in [0.25, 0.3) is 0 Å². The average Bonchev–Trinajstić information content (AvgIpc) is 2.42. The van der Waals surface area contributed by atoms with Gasteiger partial charge in [0.25, 0.3) is 0 Å². The smallest absolute Gasteiger partial charge is 0.219 e. The molecule has 6 heteroatoms. The molecule has 0 bridgehead atoms. The van der Waals surface area contributed by atoms with Gasteiger partial charge in [0.05, 0.1) is 0 Å². The number of pyridine rings is 1. The van der Waals surface area contributed by atoms with Gasteiger partial charge in [-0.15, -0.1) is 0 Å². The van der Waals surface area contributed by atoms with Gasteiger partial charge in [-0.05, 0) is 36.8 Å². The summed E-state index contributed by atoms with van der Waals surface area (Å²) >= 11 is 0. The number of oxime groups is 1. The summed E-state index contributed by atoms with van der Waals surface area (Å²) in [5.41, 5.74) is 6.56. The maximum atomic E-state index is 12.9. The molecule has 5 nitrogen and oxygen atoms in total. The normalized spacial score (nSPS) is 11.4. The monoisotopic (exact) mass is 261 g/mol. The van der Waals surface area contributed by atoms with E-state index in [-0.39, 0.29) is 11.7 Å². The Balaban J connectivity index is 2.20. The molecule has 0 aliphatic carbocycles. The number of ether oxygens (including phenoxy) is 1. The summed E-state index contributed by atoms with van der Waals surface area (Å²) in [5.74, 6) is 0.506.